The van der Waals surface area contributed by atoms with Gasteiger partial charge in [0.05, 0.1) is 19.3 Å². The van der Waals surface area contributed by atoms with Crippen molar-refractivity contribution < 1.29 is 42.9 Å². The maximum Gasteiger partial charge on any atom is 0.418 e. The van der Waals surface area contributed by atoms with Gasteiger partial charge in [0.25, 0.3) is 5.91 Å². The first-order valence-electron chi connectivity index (χ1n) is 12.6. The molecular formula is C26H32FN3O8. The molecule has 12 heteroatoms. The summed E-state index contributed by atoms with van der Waals surface area (Å²) < 4.78 is 29.9. The van der Waals surface area contributed by atoms with Gasteiger partial charge in [0.1, 0.15) is 11.5 Å². The van der Waals surface area contributed by atoms with Crippen molar-refractivity contribution in [2.45, 2.75) is 69.4 Å². The number of imide groups is 1. The average molecular weight is 534 g/mol. The highest BCUT2D eigenvalue weighted by molar-refractivity contribution is 6.31. The summed E-state index contributed by atoms with van der Waals surface area (Å²) >= 11 is 0. The SMILES string of the molecule is COCC1=NC(=O)N(CCCN2C3CCC2CC(OCc2ccccc2F)C3)C(=O)C1(C)OC(=O)C(=O)O. The van der Waals surface area contributed by atoms with E-state index in [2.05, 4.69) is 9.89 Å². The first-order valence-corrected chi connectivity index (χ1v) is 12.6. The van der Waals surface area contributed by atoms with Crippen LogP contribution in [0.1, 0.15) is 44.6 Å². The molecule has 1 aromatic carbocycles. The van der Waals surface area contributed by atoms with Crippen molar-refractivity contribution in [2.75, 3.05) is 26.8 Å². The fraction of sp³-hybridized carbons (Fsp3) is 0.577. The van der Waals surface area contributed by atoms with Crippen LogP contribution in [0.25, 0.3) is 0 Å². The van der Waals surface area contributed by atoms with E-state index in [-0.39, 0.29) is 37.4 Å². The molecule has 0 radical (unpaired) electrons. The number of nitrogens with zero attached hydrogens (tertiary/aromatic N) is 3. The number of ether oxygens (including phenoxy) is 3. The van der Waals surface area contributed by atoms with Crippen LogP contribution in [0, 0.1) is 5.82 Å². The number of carbonyl (C=O) groups excluding carboxylic acids is 3. The van der Waals surface area contributed by atoms with Gasteiger partial charge in [-0.1, -0.05) is 18.2 Å². The van der Waals surface area contributed by atoms with E-state index in [9.17, 15) is 23.6 Å². The largest absolute Gasteiger partial charge is 0.473 e. The number of fused-ring (bicyclic) bond motifs is 2. The molecule has 2 fully saturated rings. The summed E-state index contributed by atoms with van der Waals surface area (Å²) in [6.07, 6.45) is 4.16. The van der Waals surface area contributed by atoms with Crippen molar-refractivity contribution in [3.8, 4) is 0 Å². The molecule has 3 aliphatic rings. The maximum atomic E-state index is 13.9. The summed E-state index contributed by atoms with van der Waals surface area (Å²) in [5.41, 5.74) is -1.70. The Morgan fingerprint density at radius 3 is 2.45 bits per heavy atom. The number of urea groups is 1. The molecule has 1 aromatic rings. The number of methoxy groups -OCH3 is 1. The number of amides is 3. The predicted molar refractivity (Wildman–Crippen MR) is 131 cm³/mol. The highest BCUT2D eigenvalue weighted by Gasteiger charge is 2.51. The summed E-state index contributed by atoms with van der Waals surface area (Å²) in [7, 11) is 1.31. The third-order valence-corrected chi connectivity index (χ3v) is 7.49. The molecule has 0 spiro atoms. The van der Waals surface area contributed by atoms with E-state index in [4.69, 9.17) is 19.3 Å². The molecule has 3 amide bonds. The minimum atomic E-state index is -2.06. The van der Waals surface area contributed by atoms with Gasteiger partial charge in [-0.05, 0) is 45.1 Å². The zero-order valence-corrected chi connectivity index (χ0v) is 21.4. The number of piperidine rings is 1. The van der Waals surface area contributed by atoms with Crippen molar-refractivity contribution in [2.24, 2.45) is 4.99 Å². The molecule has 3 heterocycles. The van der Waals surface area contributed by atoms with E-state index >= 15 is 0 Å². The Balaban J connectivity index is 1.33. The molecule has 2 bridgehead atoms. The first-order chi connectivity index (χ1) is 18.1. The molecule has 3 atom stereocenters. The van der Waals surface area contributed by atoms with Crippen LogP contribution in [0.15, 0.2) is 29.3 Å². The molecule has 3 aliphatic heterocycles. The summed E-state index contributed by atoms with van der Waals surface area (Å²) in [4.78, 5) is 55.8. The van der Waals surface area contributed by atoms with Gasteiger partial charge in [0, 0.05) is 37.8 Å². The number of carbonyl (C=O) groups is 4. The third kappa shape index (κ3) is 5.77. The van der Waals surface area contributed by atoms with Crippen molar-refractivity contribution in [3.05, 3.63) is 35.6 Å². The number of hydrogen-bond donors (Lipinski definition) is 1. The topological polar surface area (TPSA) is 135 Å². The fourth-order valence-corrected chi connectivity index (χ4v) is 5.55. The Labute approximate surface area is 219 Å². The van der Waals surface area contributed by atoms with Gasteiger partial charge in [-0.2, -0.15) is 4.99 Å². The van der Waals surface area contributed by atoms with Gasteiger partial charge in [-0.3, -0.25) is 14.6 Å². The number of halogens is 1. The molecule has 206 valence electrons. The van der Waals surface area contributed by atoms with Crippen LogP contribution in [-0.4, -0.2) is 95.1 Å². The minimum absolute atomic E-state index is 0.0325. The quantitative estimate of drug-likeness (QED) is 0.355. The summed E-state index contributed by atoms with van der Waals surface area (Å²) in [5.74, 6) is -4.63. The predicted octanol–water partition coefficient (Wildman–Crippen LogP) is 2.16. The lowest BCUT2D eigenvalue weighted by Crippen LogP contribution is -2.61. The van der Waals surface area contributed by atoms with Crippen LogP contribution >= 0.6 is 0 Å². The monoisotopic (exact) mass is 533 g/mol. The van der Waals surface area contributed by atoms with E-state index in [0.29, 0.717) is 30.6 Å². The lowest BCUT2D eigenvalue weighted by Gasteiger charge is -2.39. The summed E-state index contributed by atoms with van der Waals surface area (Å²) in [6, 6.07) is 6.35. The van der Waals surface area contributed by atoms with Gasteiger partial charge < -0.3 is 19.3 Å². The summed E-state index contributed by atoms with van der Waals surface area (Å²) in [5, 5.41) is 8.94. The Hall–Kier alpha value is -3.22. The molecule has 0 saturated carbocycles. The van der Waals surface area contributed by atoms with Crippen LogP contribution in [0.5, 0.6) is 0 Å². The Morgan fingerprint density at radius 1 is 1.13 bits per heavy atom. The lowest BCUT2D eigenvalue weighted by atomic mass is 9.96. The van der Waals surface area contributed by atoms with Crippen molar-refractivity contribution in [1.82, 2.24) is 9.80 Å². The van der Waals surface area contributed by atoms with Gasteiger partial charge in [-0.15, -0.1) is 0 Å². The second-order valence-electron chi connectivity index (χ2n) is 9.93. The minimum Gasteiger partial charge on any atom is -0.473 e. The van der Waals surface area contributed by atoms with E-state index in [1.807, 2.05) is 0 Å². The van der Waals surface area contributed by atoms with Crippen LogP contribution < -0.4 is 0 Å². The second-order valence-corrected chi connectivity index (χ2v) is 9.93. The van der Waals surface area contributed by atoms with E-state index in [0.717, 1.165) is 30.6 Å². The van der Waals surface area contributed by atoms with Crippen molar-refractivity contribution >= 4 is 29.6 Å². The smallest absolute Gasteiger partial charge is 0.418 e. The Bertz CT molecular complexity index is 1110. The number of hydrogen-bond acceptors (Lipinski definition) is 8. The number of carboxylic acid groups (broad SMARTS) is 1. The van der Waals surface area contributed by atoms with Crippen LogP contribution in [-0.2, 0) is 35.2 Å². The Morgan fingerprint density at radius 2 is 1.82 bits per heavy atom. The highest BCUT2D eigenvalue weighted by Crippen LogP contribution is 2.37. The number of carboxylic acids is 1. The third-order valence-electron chi connectivity index (χ3n) is 7.49. The fourth-order valence-electron chi connectivity index (χ4n) is 5.55. The molecule has 4 rings (SSSR count). The number of aliphatic imine (C=N–C) groups is 1. The molecule has 3 unspecified atom stereocenters. The molecule has 2 saturated heterocycles. The molecular weight excluding hydrogens is 501 g/mol. The van der Waals surface area contributed by atoms with Gasteiger partial charge in [0.15, 0.2) is 0 Å². The molecule has 38 heavy (non-hydrogen) atoms. The number of esters is 1. The van der Waals surface area contributed by atoms with E-state index in [1.54, 1.807) is 18.2 Å². The van der Waals surface area contributed by atoms with Crippen LogP contribution in [0.4, 0.5) is 9.18 Å². The molecule has 1 N–H and O–H groups in total. The van der Waals surface area contributed by atoms with Crippen molar-refractivity contribution in [3.63, 3.8) is 0 Å². The molecule has 0 aliphatic carbocycles. The maximum absolute atomic E-state index is 13.9. The zero-order valence-electron chi connectivity index (χ0n) is 21.4. The highest BCUT2D eigenvalue weighted by atomic mass is 19.1. The van der Waals surface area contributed by atoms with Gasteiger partial charge >= 0.3 is 18.0 Å². The number of benzene rings is 1. The molecule has 0 aromatic heterocycles. The first kappa shape index (κ1) is 27.8. The van der Waals surface area contributed by atoms with Crippen LogP contribution in [0.2, 0.25) is 0 Å². The van der Waals surface area contributed by atoms with Gasteiger partial charge in [-0.25, -0.2) is 18.8 Å². The zero-order chi connectivity index (χ0) is 27.4. The van der Waals surface area contributed by atoms with Gasteiger partial charge in [0.2, 0.25) is 5.60 Å². The normalized spacial score (nSPS) is 27.4. The molecule has 11 nitrogen and oxygen atoms in total. The van der Waals surface area contributed by atoms with Crippen molar-refractivity contribution in [1.29, 1.82) is 0 Å². The average Bonchev–Trinajstić information content (AvgIpc) is 3.11. The standard InChI is InChI=1S/C26H32FN3O8/c1-26(38-23(33)22(31)32)21(15-36-2)28-25(35)30(24(26)34)11-5-10-29-17-8-9-18(29)13-19(12-17)37-14-16-6-3-4-7-20(16)27/h3-4,6-7,17-19H,5,8-15H2,1-2H3,(H,31,32). The van der Waals surface area contributed by atoms with Crippen LogP contribution in [0.3, 0.4) is 0 Å². The number of aliphatic carboxylic acids is 1. The summed E-state index contributed by atoms with van der Waals surface area (Å²) in [6.45, 7) is 1.82. The Kier molecular flexibility index (Phi) is 8.54. The number of rotatable bonds is 10. The second kappa shape index (κ2) is 11.7. The lowest BCUT2D eigenvalue weighted by molar-refractivity contribution is -0.174. The van der Waals surface area contributed by atoms with E-state index in [1.165, 1.54) is 20.1 Å². The van der Waals surface area contributed by atoms with E-state index < -0.39 is 29.5 Å².